The number of hydrogen-bond donors (Lipinski definition) is 1. The highest BCUT2D eigenvalue weighted by Crippen LogP contribution is 2.33. The van der Waals surface area contributed by atoms with E-state index in [0.29, 0.717) is 6.07 Å². The van der Waals surface area contributed by atoms with Crippen molar-refractivity contribution in [2.45, 2.75) is 12.5 Å². The summed E-state index contributed by atoms with van der Waals surface area (Å²) in [5.74, 6) is -1.76. The number of nitrogens with one attached hydrogen (secondary N) is 1. The van der Waals surface area contributed by atoms with Crippen LogP contribution in [0.2, 0.25) is 0 Å². The molecular formula is C8H4F7N. The molecule has 0 aliphatic rings. The predicted molar refractivity (Wildman–Crippen MR) is 41.1 cm³/mol. The maximum atomic E-state index is 12.8. The smallest absolute Gasteiger partial charge is 0.297 e. The van der Waals surface area contributed by atoms with Crippen LogP contribution >= 0.6 is 0 Å². The molecule has 0 saturated carbocycles. The number of anilines is 1. The number of halogens is 7. The zero-order chi connectivity index (χ0) is 12.6. The van der Waals surface area contributed by atoms with Gasteiger partial charge in [-0.25, -0.2) is 4.39 Å². The molecule has 0 aromatic heterocycles. The van der Waals surface area contributed by atoms with E-state index in [0.717, 1.165) is 5.32 Å². The van der Waals surface area contributed by atoms with Gasteiger partial charge in [0.25, 0.3) is 0 Å². The fourth-order valence-corrected chi connectivity index (χ4v) is 0.986. The molecule has 1 N–H and O–H groups in total. The molecule has 0 radical (unpaired) electrons. The van der Waals surface area contributed by atoms with Crippen molar-refractivity contribution in [1.29, 1.82) is 0 Å². The Morgan fingerprint density at radius 1 is 0.938 bits per heavy atom. The molecular weight excluding hydrogens is 243 g/mol. The molecule has 1 nitrogen and oxygen atoms in total. The Hall–Kier alpha value is -1.47. The summed E-state index contributed by atoms with van der Waals surface area (Å²) in [4.78, 5) is 0. The van der Waals surface area contributed by atoms with Gasteiger partial charge in [0.1, 0.15) is 5.82 Å². The van der Waals surface area contributed by atoms with Crippen LogP contribution < -0.4 is 5.32 Å². The highest BCUT2D eigenvalue weighted by atomic mass is 19.4. The van der Waals surface area contributed by atoms with Gasteiger partial charge < -0.3 is 0 Å². The van der Waals surface area contributed by atoms with Crippen molar-refractivity contribution in [3.8, 4) is 0 Å². The maximum absolute atomic E-state index is 12.8. The molecule has 0 aliphatic heterocycles. The highest BCUT2D eigenvalue weighted by Gasteiger charge is 2.34. The summed E-state index contributed by atoms with van der Waals surface area (Å²) < 4.78 is 84.2. The largest absolute Gasteiger partial charge is 0.482 e. The van der Waals surface area contributed by atoms with Gasteiger partial charge in [-0.3, -0.25) is 5.32 Å². The second-order valence-corrected chi connectivity index (χ2v) is 2.82. The third-order valence-electron chi connectivity index (χ3n) is 1.56. The van der Waals surface area contributed by atoms with Crippen molar-refractivity contribution in [2.24, 2.45) is 0 Å². The summed E-state index contributed by atoms with van der Waals surface area (Å²) >= 11 is 0. The van der Waals surface area contributed by atoms with Crippen molar-refractivity contribution in [3.05, 3.63) is 29.6 Å². The number of hydrogen-bond acceptors (Lipinski definition) is 1. The van der Waals surface area contributed by atoms with Crippen molar-refractivity contribution < 1.29 is 30.7 Å². The maximum Gasteiger partial charge on any atom is 0.482 e. The molecule has 90 valence electrons. The van der Waals surface area contributed by atoms with Crippen LogP contribution in [0.15, 0.2) is 18.2 Å². The van der Waals surface area contributed by atoms with Crippen LogP contribution in [0.1, 0.15) is 5.56 Å². The van der Waals surface area contributed by atoms with Crippen LogP contribution in [0.5, 0.6) is 0 Å². The van der Waals surface area contributed by atoms with Gasteiger partial charge in [0.2, 0.25) is 0 Å². The topological polar surface area (TPSA) is 12.0 Å². The average molecular weight is 247 g/mol. The van der Waals surface area contributed by atoms with E-state index in [-0.39, 0.29) is 12.1 Å². The van der Waals surface area contributed by atoms with Gasteiger partial charge in [0.05, 0.1) is 5.56 Å². The second kappa shape index (κ2) is 3.84. The van der Waals surface area contributed by atoms with Crippen molar-refractivity contribution >= 4 is 5.69 Å². The number of alkyl halides is 6. The first-order chi connectivity index (χ1) is 7.09. The first-order valence-electron chi connectivity index (χ1n) is 3.81. The number of rotatable bonds is 1. The van der Waals surface area contributed by atoms with Gasteiger partial charge in [-0.15, -0.1) is 0 Å². The first kappa shape index (κ1) is 12.6. The summed E-state index contributed by atoms with van der Waals surface area (Å²) in [6.45, 7) is 0. The van der Waals surface area contributed by atoms with Gasteiger partial charge in [-0.1, -0.05) is 0 Å². The van der Waals surface area contributed by atoms with E-state index in [1.165, 1.54) is 0 Å². The Bertz CT molecular complexity index is 379. The molecule has 0 bridgehead atoms. The molecule has 16 heavy (non-hydrogen) atoms. The molecule has 0 saturated heterocycles. The van der Waals surface area contributed by atoms with Crippen LogP contribution in [0.4, 0.5) is 36.4 Å². The second-order valence-electron chi connectivity index (χ2n) is 2.82. The minimum absolute atomic E-state index is 0.135. The highest BCUT2D eigenvalue weighted by molar-refractivity contribution is 5.46. The third kappa shape index (κ3) is 3.28. The van der Waals surface area contributed by atoms with E-state index >= 15 is 0 Å². The van der Waals surface area contributed by atoms with Crippen molar-refractivity contribution in [3.63, 3.8) is 0 Å². The lowest BCUT2D eigenvalue weighted by atomic mass is 10.2. The van der Waals surface area contributed by atoms with Crippen molar-refractivity contribution in [1.82, 2.24) is 0 Å². The van der Waals surface area contributed by atoms with E-state index in [4.69, 9.17) is 0 Å². The molecule has 0 unspecified atom stereocenters. The zero-order valence-electron chi connectivity index (χ0n) is 7.38. The molecule has 0 amide bonds. The molecule has 1 aromatic carbocycles. The molecule has 1 rings (SSSR count). The Labute approximate surface area is 84.9 Å². The van der Waals surface area contributed by atoms with Crippen LogP contribution in [0.3, 0.4) is 0 Å². The molecule has 8 heteroatoms. The van der Waals surface area contributed by atoms with E-state index in [2.05, 4.69) is 0 Å². The summed E-state index contributed by atoms with van der Waals surface area (Å²) in [5.41, 5.74) is -2.40. The normalized spacial score (nSPS) is 12.7. The molecule has 0 heterocycles. The Morgan fingerprint density at radius 3 is 1.88 bits per heavy atom. The van der Waals surface area contributed by atoms with Gasteiger partial charge in [-0.2, -0.15) is 26.3 Å². The SMILES string of the molecule is Fc1cc(NC(F)(F)F)ccc1C(F)(F)F. The summed E-state index contributed by atoms with van der Waals surface area (Å²) in [7, 11) is 0. The fourth-order valence-electron chi connectivity index (χ4n) is 0.986. The minimum Gasteiger partial charge on any atom is -0.297 e. The monoisotopic (exact) mass is 247 g/mol. The third-order valence-corrected chi connectivity index (χ3v) is 1.56. The molecule has 0 spiro atoms. The summed E-state index contributed by atoms with van der Waals surface area (Å²) in [6.07, 6.45) is -9.76. The Kier molecular flexibility index (Phi) is 3.02. The average Bonchev–Trinajstić information content (AvgIpc) is 1.97. The molecule has 0 aliphatic carbocycles. The Balaban J connectivity index is 3.01. The molecule has 0 atom stereocenters. The molecule has 1 aromatic rings. The standard InChI is InChI=1S/C8H4F7N/c9-6-3-4(16-8(13,14)15)1-2-5(6)7(10,11)12/h1-3,16H. The predicted octanol–water partition coefficient (Wildman–Crippen LogP) is 3.78. The lowest BCUT2D eigenvalue weighted by molar-refractivity contribution is -0.139. The van der Waals surface area contributed by atoms with Crippen molar-refractivity contribution in [2.75, 3.05) is 5.32 Å². The summed E-state index contributed by atoms with van der Waals surface area (Å²) in [5, 5.41) is 0.893. The van der Waals surface area contributed by atoms with Gasteiger partial charge in [0, 0.05) is 5.69 Å². The van der Waals surface area contributed by atoms with E-state index < -0.39 is 29.5 Å². The lowest BCUT2D eigenvalue weighted by Gasteiger charge is -2.12. The fraction of sp³-hybridized carbons (Fsp3) is 0.250. The van der Waals surface area contributed by atoms with E-state index in [1.54, 1.807) is 0 Å². The van der Waals surface area contributed by atoms with Crippen LogP contribution in [0, 0.1) is 5.82 Å². The minimum atomic E-state index is -4.93. The van der Waals surface area contributed by atoms with E-state index in [1.807, 2.05) is 0 Å². The lowest BCUT2D eigenvalue weighted by Crippen LogP contribution is -2.21. The van der Waals surface area contributed by atoms with Crippen LogP contribution in [0.25, 0.3) is 0 Å². The van der Waals surface area contributed by atoms with Gasteiger partial charge in [0.15, 0.2) is 0 Å². The quantitative estimate of drug-likeness (QED) is 0.588. The van der Waals surface area contributed by atoms with Gasteiger partial charge in [-0.05, 0) is 18.2 Å². The first-order valence-corrected chi connectivity index (χ1v) is 3.81. The number of benzene rings is 1. The van der Waals surface area contributed by atoms with Crippen LogP contribution in [-0.4, -0.2) is 6.30 Å². The zero-order valence-corrected chi connectivity index (χ0v) is 7.38. The van der Waals surface area contributed by atoms with Gasteiger partial charge >= 0.3 is 12.5 Å². The summed E-state index contributed by atoms with van der Waals surface area (Å²) in [6, 6.07) is 0.874. The Morgan fingerprint density at radius 2 is 1.50 bits per heavy atom. The molecule has 0 fully saturated rings. The van der Waals surface area contributed by atoms with E-state index in [9.17, 15) is 30.7 Å². The van der Waals surface area contributed by atoms with Crippen LogP contribution in [-0.2, 0) is 6.18 Å².